The van der Waals surface area contributed by atoms with Crippen molar-refractivity contribution < 1.29 is 18.6 Å². The van der Waals surface area contributed by atoms with Crippen LogP contribution in [0.15, 0.2) is 113 Å². The molecule has 0 saturated heterocycles. The minimum Gasteiger partial charge on any atom is -0.508 e. The van der Waals surface area contributed by atoms with Gasteiger partial charge in [-0.1, -0.05) is 72.3 Å². The summed E-state index contributed by atoms with van der Waals surface area (Å²) < 4.78 is 25.7. The third-order valence-electron chi connectivity index (χ3n) is 6.28. The van der Waals surface area contributed by atoms with Crippen molar-refractivity contribution in [3.05, 3.63) is 125 Å². The van der Waals surface area contributed by atoms with E-state index in [4.69, 9.17) is 11.6 Å². The van der Waals surface area contributed by atoms with Crippen LogP contribution in [-0.2, 0) is 22.7 Å². The Morgan fingerprint density at radius 3 is 2.22 bits per heavy atom. The van der Waals surface area contributed by atoms with Gasteiger partial charge in [-0.25, -0.2) is 8.42 Å². The number of rotatable bonds is 11. The fourth-order valence-corrected chi connectivity index (χ4v) is 5.79. The first-order valence-corrected chi connectivity index (χ1v) is 14.0. The average Bonchev–Trinajstić information content (AvgIpc) is 2.91. The zero-order chi connectivity index (χ0) is 26.3. The number of hydrogen-bond donors (Lipinski definition) is 3. The van der Waals surface area contributed by atoms with Gasteiger partial charge in [0.1, 0.15) is 5.75 Å². The summed E-state index contributed by atoms with van der Waals surface area (Å²) in [7, 11) is -3.69. The summed E-state index contributed by atoms with van der Waals surface area (Å²) in [6, 6.07) is 29.6. The Labute approximate surface area is 223 Å². The number of phenolic OH excluding ortho intramolecular Hbond substituents is 1. The molecule has 192 valence electrons. The summed E-state index contributed by atoms with van der Waals surface area (Å²) >= 11 is 6.15. The van der Waals surface area contributed by atoms with E-state index >= 15 is 0 Å². The van der Waals surface area contributed by atoms with E-state index in [1.807, 2.05) is 54.6 Å². The number of nitrogens with one attached hydrogen (secondary N) is 1. The molecule has 0 amide bonds. The molecule has 0 radical (unpaired) electrons. The maximum Gasteiger partial charge on any atom is 0.206 e. The third-order valence-corrected chi connectivity index (χ3v) is 8.28. The molecule has 4 aromatic rings. The highest BCUT2D eigenvalue weighted by molar-refractivity contribution is 7.91. The van der Waals surface area contributed by atoms with Crippen LogP contribution >= 0.6 is 11.6 Å². The Kier molecular flexibility index (Phi) is 9.00. The maximum atomic E-state index is 12.8. The summed E-state index contributed by atoms with van der Waals surface area (Å²) in [5, 5.41) is 24.8. The smallest absolute Gasteiger partial charge is 0.206 e. The van der Waals surface area contributed by atoms with Crippen LogP contribution in [0.1, 0.15) is 29.2 Å². The predicted octanol–water partition coefficient (Wildman–Crippen LogP) is 5.75. The Morgan fingerprint density at radius 2 is 1.51 bits per heavy atom. The molecule has 5 nitrogen and oxygen atoms in total. The number of aryl methyl sites for hydroxylation is 1. The SMILES string of the molecule is O=S(=O)(c1ccc(CCCNC(Cc2ccccc2)[C@H](O)c2cccc(Cl)c2)cc1)c1cccc(O)c1. The van der Waals surface area contributed by atoms with Crippen LogP contribution in [0.2, 0.25) is 5.02 Å². The van der Waals surface area contributed by atoms with Crippen molar-refractivity contribution in [3.63, 3.8) is 0 Å². The van der Waals surface area contributed by atoms with Crippen molar-refractivity contribution in [2.24, 2.45) is 0 Å². The Hall–Kier alpha value is -3.16. The number of aliphatic hydroxyl groups excluding tert-OH is 1. The molecule has 0 bridgehead atoms. The van der Waals surface area contributed by atoms with Crippen LogP contribution in [0.3, 0.4) is 0 Å². The highest BCUT2D eigenvalue weighted by Crippen LogP contribution is 2.25. The monoisotopic (exact) mass is 535 g/mol. The zero-order valence-electron chi connectivity index (χ0n) is 20.3. The molecule has 0 fully saturated rings. The quantitative estimate of drug-likeness (QED) is 0.213. The minimum atomic E-state index is -3.69. The van der Waals surface area contributed by atoms with Gasteiger partial charge in [0.25, 0.3) is 0 Å². The summed E-state index contributed by atoms with van der Waals surface area (Å²) in [6.45, 7) is 0.679. The first-order valence-electron chi connectivity index (χ1n) is 12.2. The second-order valence-corrected chi connectivity index (χ2v) is 11.4. The van der Waals surface area contributed by atoms with E-state index in [0.717, 1.165) is 29.5 Å². The van der Waals surface area contributed by atoms with Gasteiger partial charge in [-0.2, -0.15) is 0 Å². The van der Waals surface area contributed by atoms with Crippen molar-refractivity contribution in [1.29, 1.82) is 0 Å². The molecule has 0 spiro atoms. The van der Waals surface area contributed by atoms with Crippen LogP contribution < -0.4 is 5.32 Å². The lowest BCUT2D eigenvalue weighted by Gasteiger charge is -2.25. The van der Waals surface area contributed by atoms with Crippen molar-refractivity contribution >= 4 is 21.4 Å². The molecule has 0 saturated carbocycles. The third kappa shape index (κ3) is 7.21. The summed E-state index contributed by atoms with van der Waals surface area (Å²) in [4.78, 5) is 0.250. The van der Waals surface area contributed by atoms with Gasteiger partial charge in [0.05, 0.1) is 15.9 Å². The molecule has 0 aromatic heterocycles. The van der Waals surface area contributed by atoms with Gasteiger partial charge in [0.15, 0.2) is 0 Å². The van der Waals surface area contributed by atoms with E-state index in [1.165, 1.54) is 24.3 Å². The van der Waals surface area contributed by atoms with Crippen LogP contribution in [0, 0.1) is 0 Å². The zero-order valence-corrected chi connectivity index (χ0v) is 21.9. The van der Waals surface area contributed by atoms with Gasteiger partial charge in [0, 0.05) is 11.1 Å². The Balaban J connectivity index is 1.37. The second-order valence-electron chi connectivity index (χ2n) is 9.00. The molecule has 0 aliphatic rings. The first-order chi connectivity index (χ1) is 17.8. The summed E-state index contributed by atoms with van der Waals surface area (Å²) in [6.07, 6.45) is 1.51. The maximum absolute atomic E-state index is 12.8. The first kappa shape index (κ1) is 26.9. The van der Waals surface area contributed by atoms with Gasteiger partial charge in [-0.3, -0.25) is 0 Å². The number of halogens is 1. The van der Waals surface area contributed by atoms with E-state index in [2.05, 4.69) is 5.32 Å². The van der Waals surface area contributed by atoms with Crippen molar-refractivity contribution in [2.45, 2.75) is 41.2 Å². The van der Waals surface area contributed by atoms with Crippen LogP contribution in [0.4, 0.5) is 0 Å². The van der Waals surface area contributed by atoms with Gasteiger partial charge in [0.2, 0.25) is 9.84 Å². The van der Waals surface area contributed by atoms with Gasteiger partial charge in [-0.15, -0.1) is 0 Å². The number of hydrogen-bond acceptors (Lipinski definition) is 5. The fraction of sp³-hybridized carbons (Fsp3) is 0.200. The molecule has 7 heteroatoms. The highest BCUT2D eigenvalue weighted by Gasteiger charge is 2.21. The normalized spacial score (nSPS) is 13.2. The lowest BCUT2D eigenvalue weighted by atomic mass is 9.96. The molecular weight excluding hydrogens is 506 g/mol. The van der Waals surface area contributed by atoms with Crippen molar-refractivity contribution in [2.75, 3.05) is 6.54 Å². The van der Waals surface area contributed by atoms with E-state index < -0.39 is 15.9 Å². The Bertz CT molecular complexity index is 1410. The molecule has 3 N–H and O–H groups in total. The largest absolute Gasteiger partial charge is 0.508 e. The topological polar surface area (TPSA) is 86.6 Å². The average molecular weight is 536 g/mol. The van der Waals surface area contributed by atoms with E-state index in [1.54, 1.807) is 24.3 Å². The lowest BCUT2D eigenvalue weighted by molar-refractivity contribution is 0.128. The number of phenols is 1. The van der Waals surface area contributed by atoms with Gasteiger partial charge >= 0.3 is 0 Å². The van der Waals surface area contributed by atoms with Crippen LogP contribution in [-0.4, -0.2) is 31.2 Å². The molecule has 0 heterocycles. The highest BCUT2D eigenvalue weighted by atomic mass is 35.5. The van der Waals surface area contributed by atoms with Crippen LogP contribution in [0.25, 0.3) is 0 Å². The minimum absolute atomic E-state index is 0.0622. The van der Waals surface area contributed by atoms with Crippen molar-refractivity contribution in [3.8, 4) is 5.75 Å². The number of benzene rings is 4. The van der Waals surface area contributed by atoms with Crippen molar-refractivity contribution in [1.82, 2.24) is 5.32 Å². The summed E-state index contributed by atoms with van der Waals surface area (Å²) in [5.41, 5.74) is 2.92. The fourth-order valence-electron chi connectivity index (χ4n) is 4.29. The van der Waals surface area contributed by atoms with E-state index in [0.29, 0.717) is 18.0 Å². The van der Waals surface area contributed by atoms with E-state index in [-0.39, 0.29) is 21.6 Å². The molecule has 37 heavy (non-hydrogen) atoms. The molecule has 4 rings (SSSR count). The molecule has 2 atom stereocenters. The number of aromatic hydroxyl groups is 1. The molecule has 4 aromatic carbocycles. The molecule has 1 unspecified atom stereocenters. The second kappa shape index (κ2) is 12.4. The molecule has 0 aliphatic carbocycles. The lowest BCUT2D eigenvalue weighted by Crippen LogP contribution is -2.37. The summed E-state index contributed by atoms with van der Waals surface area (Å²) in [5.74, 6) is -0.0868. The van der Waals surface area contributed by atoms with Crippen LogP contribution in [0.5, 0.6) is 5.75 Å². The van der Waals surface area contributed by atoms with Gasteiger partial charge < -0.3 is 15.5 Å². The van der Waals surface area contributed by atoms with Gasteiger partial charge in [-0.05, 0) is 85.0 Å². The molecule has 0 aliphatic heterocycles. The number of sulfone groups is 1. The van der Waals surface area contributed by atoms with E-state index in [9.17, 15) is 18.6 Å². The standard InChI is InChI=1S/C30H30ClNO4S/c31-25-11-4-10-24(20-25)30(34)29(19-23-7-2-1-3-8-23)32-18-6-9-22-14-16-27(17-15-22)37(35,36)28-13-5-12-26(33)21-28/h1-5,7-8,10-17,20-21,29-30,32-34H,6,9,18-19H2/t29?,30-/m1/s1. The molecular formula is C30H30ClNO4S. The predicted molar refractivity (Wildman–Crippen MR) is 147 cm³/mol. The Morgan fingerprint density at radius 1 is 0.784 bits per heavy atom. The number of aliphatic hydroxyl groups is 1.